The van der Waals surface area contributed by atoms with E-state index in [1.165, 1.54) is 0 Å². The van der Waals surface area contributed by atoms with E-state index in [-0.39, 0.29) is 0 Å². The second-order valence-electron chi connectivity index (χ2n) is 1.98. The van der Waals surface area contributed by atoms with Crippen molar-refractivity contribution in [1.29, 1.82) is 0 Å². The molecule has 2 heteroatoms. The summed E-state index contributed by atoms with van der Waals surface area (Å²) in [6.45, 7) is 6.00. The first-order chi connectivity index (χ1) is 4.70. The van der Waals surface area contributed by atoms with Crippen molar-refractivity contribution in [2.45, 2.75) is 6.92 Å². The Balaban J connectivity index is 3.98. The fourth-order valence-electron chi connectivity index (χ4n) is 0.496. The third-order valence-corrected chi connectivity index (χ3v) is 1.12. The van der Waals surface area contributed by atoms with Gasteiger partial charge in [0.15, 0.2) is 0 Å². The molecule has 0 saturated carbocycles. The summed E-state index contributed by atoms with van der Waals surface area (Å²) in [5.41, 5.74) is 12.3. The van der Waals surface area contributed by atoms with Gasteiger partial charge in [-0.2, -0.15) is 0 Å². The molecule has 10 heavy (non-hydrogen) atoms. The predicted octanol–water partition coefficient (Wildman–Crippen LogP) is 0.920. The first kappa shape index (κ1) is 8.98. The fourth-order valence-corrected chi connectivity index (χ4v) is 0.496. The first-order valence-electron chi connectivity index (χ1n) is 3.18. The summed E-state index contributed by atoms with van der Waals surface area (Å²) >= 11 is 0. The van der Waals surface area contributed by atoms with Gasteiger partial charge in [-0.3, -0.25) is 0 Å². The van der Waals surface area contributed by atoms with E-state index in [1.807, 2.05) is 19.1 Å². The quantitative estimate of drug-likeness (QED) is 0.570. The Morgan fingerprint density at radius 1 is 1.50 bits per heavy atom. The van der Waals surface area contributed by atoms with Crippen LogP contribution in [0.4, 0.5) is 0 Å². The highest BCUT2D eigenvalue weighted by Crippen LogP contribution is 1.94. The van der Waals surface area contributed by atoms with Crippen LogP contribution in [0.1, 0.15) is 6.92 Å². The molecule has 0 aromatic carbocycles. The van der Waals surface area contributed by atoms with Gasteiger partial charge in [0.05, 0.1) is 0 Å². The van der Waals surface area contributed by atoms with Crippen molar-refractivity contribution < 1.29 is 0 Å². The zero-order valence-electron chi connectivity index (χ0n) is 6.30. The third kappa shape index (κ3) is 3.92. The van der Waals surface area contributed by atoms with Crippen LogP contribution < -0.4 is 11.5 Å². The SMILES string of the molecule is C=C(N)/C=C\C(=C/C)CN. The molecule has 0 rings (SSSR count). The maximum Gasteiger partial charge on any atom is 0.0241 e. The predicted molar refractivity (Wildman–Crippen MR) is 45.3 cm³/mol. The van der Waals surface area contributed by atoms with Crippen LogP contribution in [-0.4, -0.2) is 6.54 Å². The van der Waals surface area contributed by atoms with Crippen molar-refractivity contribution in [3.63, 3.8) is 0 Å². The number of hydrogen-bond acceptors (Lipinski definition) is 2. The van der Waals surface area contributed by atoms with Gasteiger partial charge in [-0.25, -0.2) is 0 Å². The molecule has 0 aromatic rings. The lowest BCUT2D eigenvalue weighted by molar-refractivity contribution is 1.18. The molecule has 0 aliphatic carbocycles. The molecule has 0 amide bonds. The van der Waals surface area contributed by atoms with Crippen molar-refractivity contribution in [2.75, 3.05) is 6.54 Å². The minimum Gasteiger partial charge on any atom is -0.399 e. The van der Waals surface area contributed by atoms with Crippen molar-refractivity contribution in [2.24, 2.45) is 11.5 Å². The molecule has 0 aromatic heterocycles. The van der Waals surface area contributed by atoms with Crippen LogP contribution in [0.5, 0.6) is 0 Å². The standard InChI is InChI=1S/C8H14N2/c1-3-8(6-9)5-4-7(2)10/h3-5H,2,6,9-10H2,1H3/b5-4-,8-3+. The van der Waals surface area contributed by atoms with Crippen LogP contribution in [0.3, 0.4) is 0 Å². The molecule has 0 bridgehead atoms. The Hall–Kier alpha value is -1.02. The topological polar surface area (TPSA) is 52.0 Å². The van der Waals surface area contributed by atoms with Gasteiger partial charge in [0, 0.05) is 12.2 Å². The van der Waals surface area contributed by atoms with E-state index in [1.54, 1.807) is 6.08 Å². The zero-order valence-corrected chi connectivity index (χ0v) is 6.30. The maximum absolute atomic E-state index is 5.38. The largest absolute Gasteiger partial charge is 0.399 e. The molecule has 0 spiro atoms. The van der Waals surface area contributed by atoms with E-state index in [2.05, 4.69) is 6.58 Å². The van der Waals surface area contributed by atoms with Gasteiger partial charge in [0.2, 0.25) is 0 Å². The van der Waals surface area contributed by atoms with Gasteiger partial charge in [-0.15, -0.1) is 0 Å². The van der Waals surface area contributed by atoms with Crippen LogP contribution in [0, 0.1) is 0 Å². The van der Waals surface area contributed by atoms with Crippen LogP contribution in [0.2, 0.25) is 0 Å². The van der Waals surface area contributed by atoms with Gasteiger partial charge in [0.1, 0.15) is 0 Å². The highest BCUT2D eigenvalue weighted by Gasteiger charge is 1.83. The van der Waals surface area contributed by atoms with Crippen LogP contribution in [0.25, 0.3) is 0 Å². The number of hydrogen-bond donors (Lipinski definition) is 2. The fraction of sp³-hybridized carbons (Fsp3) is 0.250. The molecular weight excluding hydrogens is 124 g/mol. The summed E-state index contributed by atoms with van der Waals surface area (Å²) in [7, 11) is 0. The second-order valence-corrected chi connectivity index (χ2v) is 1.98. The normalized spacial score (nSPS) is 12.4. The molecule has 0 aliphatic heterocycles. The minimum absolute atomic E-state index is 0.542. The molecule has 0 saturated heterocycles. The van der Waals surface area contributed by atoms with E-state index in [0.717, 1.165) is 5.57 Å². The summed E-state index contributed by atoms with van der Waals surface area (Å²) in [4.78, 5) is 0. The first-order valence-corrected chi connectivity index (χ1v) is 3.18. The molecule has 0 radical (unpaired) electrons. The average molecular weight is 138 g/mol. The van der Waals surface area contributed by atoms with Crippen LogP contribution in [0.15, 0.2) is 36.1 Å². The van der Waals surface area contributed by atoms with Crippen molar-refractivity contribution in [3.8, 4) is 0 Å². The highest BCUT2D eigenvalue weighted by atomic mass is 14.5. The Kier molecular flexibility index (Phi) is 4.33. The molecule has 0 unspecified atom stereocenters. The van der Waals surface area contributed by atoms with Gasteiger partial charge in [-0.05, 0) is 18.6 Å². The lowest BCUT2D eigenvalue weighted by atomic mass is 10.2. The van der Waals surface area contributed by atoms with E-state index in [9.17, 15) is 0 Å². The number of allylic oxidation sites excluding steroid dienone is 2. The summed E-state index contributed by atoms with van der Waals surface area (Å²) in [6.07, 6.45) is 5.55. The van der Waals surface area contributed by atoms with Gasteiger partial charge in [0.25, 0.3) is 0 Å². The van der Waals surface area contributed by atoms with Crippen molar-refractivity contribution in [3.05, 3.63) is 36.1 Å². The molecule has 0 heterocycles. The van der Waals surface area contributed by atoms with Crippen LogP contribution in [-0.2, 0) is 0 Å². The maximum atomic E-state index is 5.38. The van der Waals surface area contributed by atoms with Crippen molar-refractivity contribution >= 4 is 0 Å². The van der Waals surface area contributed by atoms with E-state index < -0.39 is 0 Å². The molecule has 0 fully saturated rings. The lowest BCUT2D eigenvalue weighted by Crippen LogP contribution is -2.00. The molecule has 0 aliphatic rings. The highest BCUT2D eigenvalue weighted by molar-refractivity contribution is 5.24. The molecule has 0 atom stereocenters. The van der Waals surface area contributed by atoms with E-state index in [4.69, 9.17) is 11.5 Å². The second kappa shape index (κ2) is 4.82. The summed E-state index contributed by atoms with van der Waals surface area (Å²) in [5, 5.41) is 0. The number of rotatable bonds is 3. The summed E-state index contributed by atoms with van der Waals surface area (Å²) in [5.74, 6) is 0. The summed E-state index contributed by atoms with van der Waals surface area (Å²) < 4.78 is 0. The van der Waals surface area contributed by atoms with Crippen LogP contribution >= 0.6 is 0 Å². The Morgan fingerprint density at radius 3 is 2.40 bits per heavy atom. The van der Waals surface area contributed by atoms with Gasteiger partial charge >= 0.3 is 0 Å². The lowest BCUT2D eigenvalue weighted by Gasteiger charge is -1.93. The minimum atomic E-state index is 0.542. The Bertz CT molecular complexity index is 166. The van der Waals surface area contributed by atoms with E-state index >= 15 is 0 Å². The monoisotopic (exact) mass is 138 g/mol. The molecule has 2 nitrogen and oxygen atoms in total. The molecule has 56 valence electrons. The zero-order chi connectivity index (χ0) is 7.98. The smallest absolute Gasteiger partial charge is 0.0241 e. The van der Waals surface area contributed by atoms with E-state index in [0.29, 0.717) is 12.2 Å². The molecule has 4 N–H and O–H groups in total. The average Bonchev–Trinajstić information content (AvgIpc) is 1.90. The molecular formula is C8H14N2. The summed E-state index contributed by atoms with van der Waals surface area (Å²) in [6, 6.07) is 0. The Labute approximate surface area is 61.9 Å². The Morgan fingerprint density at radius 2 is 2.10 bits per heavy atom. The van der Waals surface area contributed by atoms with Crippen molar-refractivity contribution in [1.82, 2.24) is 0 Å². The third-order valence-electron chi connectivity index (χ3n) is 1.12. The van der Waals surface area contributed by atoms with Gasteiger partial charge < -0.3 is 11.5 Å². The number of nitrogens with two attached hydrogens (primary N) is 2. The van der Waals surface area contributed by atoms with Gasteiger partial charge in [-0.1, -0.05) is 18.7 Å².